The van der Waals surface area contributed by atoms with Crippen LogP contribution in [0.2, 0.25) is 0 Å². The molecule has 21 heavy (non-hydrogen) atoms. The van der Waals surface area contributed by atoms with Crippen molar-refractivity contribution < 1.29 is 4.74 Å². The molecule has 1 aromatic carbocycles. The molecule has 0 aliphatic rings. The maximum atomic E-state index is 5.65. The normalized spacial score (nSPS) is 13.2. The molecular formula is C19H31NO. The zero-order valence-corrected chi connectivity index (χ0v) is 14.3. The van der Waals surface area contributed by atoms with E-state index in [1.54, 1.807) is 0 Å². The molecule has 1 N–H and O–H groups in total. The van der Waals surface area contributed by atoms with Crippen LogP contribution in [0.4, 0.5) is 0 Å². The molecule has 0 saturated carbocycles. The van der Waals surface area contributed by atoms with Crippen LogP contribution in [0.3, 0.4) is 0 Å². The van der Waals surface area contributed by atoms with Crippen molar-refractivity contribution in [2.24, 2.45) is 0 Å². The molecule has 0 aromatic heterocycles. The second-order valence-corrected chi connectivity index (χ2v) is 7.03. The molecule has 0 heterocycles. The molecule has 0 saturated heterocycles. The number of hydrogen-bond acceptors (Lipinski definition) is 2. The fourth-order valence-corrected chi connectivity index (χ4v) is 1.96. The molecule has 1 rings (SSSR count). The van der Waals surface area contributed by atoms with Gasteiger partial charge in [-0.05, 0) is 51.2 Å². The van der Waals surface area contributed by atoms with Crippen molar-refractivity contribution >= 4 is 0 Å². The maximum absolute atomic E-state index is 5.65. The van der Waals surface area contributed by atoms with Crippen LogP contribution in [-0.2, 0) is 11.3 Å². The van der Waals surface area contributed by atoms with Crippen molar-refractivity contribution in [1.82, 2.24) is 5.32 Å². The van der Waals surface area contributed by atoms with E-state index < -0.39 is 0 Å². The summed E-state index contributed by atoms with van der Waals surface area (Å²) in [5.41, 5.74) is 3.95. The molecule has 0 amide bonds. The Morgan fingerprint density at radius 3 is 2.38 bits per heavy atom. The molecule has 0 aliphatic heterocycles. The Labute approximate surface area is 130 Å². The van der Waals surface area contributed by atoms with E-state index in [0.717, 1.165) is 19.6 Å². The lowest BCUT2D eigenvalue weighted by Crippen LogP contribution is -2.38. The highest BCUT2D eigenvalue weighted by Crippen LogP contribution is 2.16. The van der Waals surface area contributed by atoms with Gasteiger partial charge in [-0.1, -0.05) is 36.8 Å². The molecule has 2 heteroatoms. The fourth-order valence-electron chi connectivity index (χ4n) is 1.96. The van der Waals surface area contributed by atoms with E-state index in [9.17, 15) is 0 Å². The number of hydrogen-bond donors (Lipinski definition) is 1. The third kappa shape index (κ3) is 8.03. The molecule has 1 atom stereocenters. The molecule has 0 spiro atoms. The summed E-state index contributed by atoms with van der Waals surface area (Å²) in [5, 5.41) is 3.55. The van der Waals surface area contributed by atoms with Gasteiger partial charge in [0, 0.05) is 12.1 Å². The van der Waals surface area contributed by atoms with Gasteiger partial charge in [-0.3, -0.25) is 0 Å². The molecule has 0 fully saturated rings. The summed E-state index contributed by atoms with van der Waals surface area (Å²) >= 11 is 0. The minimum atomic E-state index is 0.172. The number of rotatable bonds is 8. The fraction of sp³-hybridized carbons (Fsp3) is 0.579. The van der Waals surface area contributed by atoms with E-state index >= 15 is 0 Å². The molecule has 0 aliphatic carbocycles. The second-order valence-electron chi connectivity index (χ2n) is 7.03. The van der Waals surface area contributed by atoms with Gasteiger partial charge in [0.1, 0.15) is 0 Å². The van der Waals surface area contributed by atoms with Gasteiger partial charge in [-0.25, -0.2) is 0 Å². The van der Waals surface area contributed by atoms with Crippen molar-refractivity contribution in [3.63, 3.8) is 0 Å². The first kappa shape index (κ1) is 17.9. The van der Waals surface area contributed by atoms with E-state index in [1.807, 2.05) is 6.92 Å². The van der Waals surface area contributed by atoms with E-state index in [0.29, 0.717) is 12.5 Å². The van der Waals surface area contributed by atoms with Crippen LogP contribution in [0.1, 0.15) is 58.1 Å². The monoisotopic (exact) mass is 289 g/mol. The average molecular weight is 289 g/mol. The quantitative estimate of drug-likeness (QED) is 0.555. The third-order valence-electron chi connectivity index (χ3n) is 3.43. The third-order valence-corrected chi connectivity index (χ3v) is 3.43. The Hall–Kier alpha value is -1.12. The van der Waals surface area contributed by atoms with Gasteiger partial charge in [0.2, 0.25) is 0 Å². The largest absolute Gasteiger partial charge is 0.376 e. The van der Waals surface area contributed by atoms with Crippen molar-refractivity contribution in [3.8, 4) is 0 Å². The van der Waals surface area contributed by atoms with E-state index in [-0.39, 0.29) is 5.54 Å². The molecule has 118 valence electrons. The first-order valence-electron chi connectivity index (χ1n) is 7.84. The zero-order valence-electron chi connectivity index (χ0n) is 14.3. The number of benzene rings is 1. The topological polar surface area (TPSA) is 21.3 Å². The van der Waals surface area contributed by atoms with Crippen LogP contribution in [0, 0.1) is 0 Å². The van der Waals surface area contributed by atoms with Crippen LogP contribution in [0.5, 0.6) is 0 Å². The standard InChI is InChI=1S/C19H31NO/c1-15(2)11-12-21-14-17-7-9-18(10-8-17)16(3)13-20-19(4,5)6/h7-10,16,20H,1,11-14H2,2-6H3. The Morgan fingerprint density at radius 1 is 1.24 bits per heavy atom. The Kier molecular flexibility index (Phi) is 7.13. The summed E-state index contributed by atoms with van der Waals surface area (Å²) in [5.74, 6) is 0.516. The summed E-state index contributed by atoms with van der Waals surface area (Å²) in [6.07, 6.45) is 0.938. The van der Waals surface area contributed by atoms with Crippen LogP contribution < -0.4 is 5.32 Å². The first-order chi connectivity index (χ1) is 9.78. The van der Waals surface area contributed by atoms with Crippen LogP contribution in [0.25, 0.3) is 0 Å². The van der Waals surface area contributed by atoms with Gasteiger partial charge in [-0.15, -0.1) is 6.58 Å². The minimum Gasteiger partial charge on any atom is -0.376 e. The summed E-state index contributed by atoms with van der Waals surface area (Å²) in [4.78, 5) is 0. The lowest BCUT2D eigenvalue weighted by molar-refractivity contribution is 0.124. The minimum absolute atomic E-state index is 0.172. The van der Waals surface area contributed by atoms with Gasteiger partial charge in [-0.2, -0.15) is 0 Å². The summed E-state index contributed by atoms with van der Waals surface area (Å²) in [7, 11) is 0. The lowest BCUT2D eigenvalue weighted by Gasteiger charge is -2.23. The SMILES string of the molecule is C=C(C)CCOCc1ccc(C(C)CNC(C)(C)C)cc1. The Morgan fingerprint density at radius 2 is 1.86 bits per heavy atom. The predicted octanol–water partition coefficient (Wildman–Crippen LogP) is 4.66. The highest BCUT2D eigenvalue weighted by atomic mass is 16.5. The van der Waals surface area contributed by atoms with E-state index in [4.69, 9.17) is 4.74 Å². The van der Waals surface area contributed by atoms with E-state index in [2.05, 4.69) is 63.9 Å². The van der Waals surface area contributed by atoms with Crippen molar-refractivity contribution in [2.45, 2.75) is 59.1 Å². The number of nitrogens with one attached hydrogen (secondary N) is 1. The van der Waals surface area contributed by atoms with Gasteiger partial charge in [0.15, 0.2) is 0 Å². The van der Waals surface area contributed by atoms with Crippen LogP contribution in [0.15, 0.2) is 36.4 Å². The molecule has 1 unspecified atom stereocenters. The van der Waals surface area contributed by atoms with Gasteiger partial charge >= 0.3 is 0 Å². The van der Waals surface area contributed by atoms with Crippen molar-refractivity contribution in [2.75, 3.05) is 13.2 Å². The first-order valence-corrected chi connectivity index (χ1v) is 7.84. The maximum Gasteiger partial charge on any atom is 0.0717 e. The van der Waals surface area contributed by atoms with Crippen molar-refractivity contribution in [1.29, 1.82) is 0 Å². The highest BCUT2D eigenvalue weighted by Gasteiger charge is 2.12. The van der Waals surface area contributed by atoms with Gasteiger partial charge < -0.3 is 10.1 Å². The predicted molar refractivity (Wildman–Crippen MR) is 91.7 cm³/mol. The van der Waals surface area contributed by atoms with Gasteiger partial charge in [0.05, 0.1) is 13.2 Å². The summed E-state index contributed by atoms with van der Waals surface area (Å²) < 4.78 is 5.65. The second kappa shape index (κ2) is 8.35. The zero-order chi connectivity index (χ0) is 15.9. The molecule has 1 aromatic rings. The average Bonchev–Trinajstić information content (AvgIpc) is 2.40. The Balaban J connectivity index is 2.40. The molecule has 0 bridgehead atoms. The molecule has 0 radical (unpaired) electrons. The van der Waals surface area contributed by atoms with Gasteiger partial charge in [0.25, 0.3) is 0 Å². The molecule has 2 nitrogen and oxygen atoms in total. The Bertz CT molecular complexity index is 428. The summed E-state index contributed by atoms with van der Waals surface area (Å²) in [6.45, 7) is 17.2. The van der Waals surface area contributed by atoms with Crippen molar-refractivity contribution in [3.05, 3.63) is 47.5 Å². The highest BCUT2D eigenvalue weighted by molar-refractivity contribution is 5.25. The summed E-state index contributed by atoms with van der Waals surface area (Å²) in [6, 6.07) is 8.77. The number of ether oxygens (including phenoxy) is 1. The van der Waals surface area contributed by atoms with Crippen LogP contribution >= 0.6 is 0 Å². The lowest BCUT2D eigenvalue weighted by atomic mass is 9.98. The molecular weight excluding hydrogens is 258 g/mol. The van der Waals surface area contributed by atoms with E-state index in [1.165, 1.54) is 16.7 Å². The van der Waals surface area contributed by atoms with Crippen LogP contribution in [-0.4, -0.2) is 18.7 Å². The smallest absolute Gasteiger partial charge is 0.0717 e.